The van der Waals surface area contributed by atoms with E-state index in [0.29, 0.717) is 50.4 Å². The minimum atomic E-state index is -4.79. The van der Waals surface area contributed by atoms with Crippen LogP contribution in [0, 0.1) is 5.82 Å². The molecule has 2 aliphatic rings. The van der Waals surface area contributed by atoms with Crippen LogP contribution in [0.15, 0.2) is 36.5 Å². The van der Waals surface area contributed by atoms with E-state index in [1.165, 1.54) is 18.3 Å². The van der Waals surface area contributed by atoms with E-state index in [1.807, 2.05) is 6.07 Å². The molecule has 1 aromatic carbocycles. The van der Waals surface area contributed by atoms with Crippen LogP contribution in [-0.4, -0.2) is 60.0 Å². The quantitative estimate of drug-likeness (QED) is 0.532. The van der Waals surface area contributed by atoms with E-state index in [9.17, 15) is 22.4 Å². The van der Waals surface area contributed by atoms with Crippen LogP contribution in [0.25, 0.3) is 11.0 Å². The van der Waals surface area contributed by atoms with E-state index >= 15 is 0 Å². The number of morpholine rings is 1. The summed E-state index contributed by atoms with van der Waals surface area (Å²) < 4.78 is 61.4. The summed E-state index contributed by atoms with van der Waals surface area (Å²) in [5.74, 6) is -1.13. The molecule has 1 unspecified atom stereocenters. The average Bonchev–Trinajstić information content (AvgIpc) is 3.28. The van der Waals surface area contributed by atoms with E-state index < -0.39 is 6.36 Å². The smallest absolute Gasteiger partial charge is 0.406 e. The lowest BCUT2D eigenvalue weighted by Crippen LogP contribution is -2.38. The number of amides is 1. The predicted octanol–water partition coefficient (Wildman–Crippen LogP) is 4.28. The first-order valence-corrected chi connectivity index (χ1v) is 11.4. The molecule has 2 aromatic heterocycles. The van der Waals surface area contributed by atoms with Crippen LogP contribution >= 0.6 is 0 Å². The number of halogens is 4. The maximum absolute atomic E-state index is 14.9. The molecule has 186 valence electrons. The molecule has 11 heteroatoms. The van der Waals surface area contributed by atoms with Gasteiger partial charge in [0.25, 0.3) is 5.91 Å². The number of benzene rings is 1. The van der Waals surface area contributed by atoms with Crippen molar-refractivity contribution in [2.75, 3.05) is 32.8 Å². The van der Waals surface area contributed by atoms with Gasteiger partial charge in [-0.2, -0.15) is 0 Å². The highest BCUT2D eigenvalue weighted by Gasteiger charge is 2.32. The van der Waals surface area contributed by atoms with Crippen LogP contribution in [0.2, 0.25) is 0 Å². The molecular formula is C24H24F4N4O3. The number of ether oxygens (including phenoxy) is 2. The van der Waals surface area contributed by atoms with Gasteiger partial charge in [-0.15, -0.1) is 13.2 Å². The Morgan fingerprint density at radius 2 is 1.91 bits per heavy atom. The van der Waals surface area contributed by atoms with E-state index in [4.69, 9.17) is 4.74 Å². The van der Waals surface area contributed by atoms with Crippen LogP contribution in [-0.2, 0) is 4.74 Å². The number of hydrogen-bond acceptors (Lipinski definition) is 5. The number of carbonyl (C=O) groups is 1. The molecule has 0 aliphatic carbocycles. The zero-order valence-corrected chi connectivity index (χ0v) is 18.7. The van der Waals surface area contributed by atoms with Gasteiger partial charge in [-0.05, 0) is 49.1 Å². The molecule has 2 saturated heterocycles. The molecule has 4 heterocycles. The van der Waals surface area contributed by atoms with Crippen LogP contribution in [0.1, 0.15) is 46.4 Å². The number of aromatic nitrogens is 2. The summed E-state index contributed by atoms with van der Waals surface area (Å²) in [6.07, 6.45) is -2.45. The lowest BCUT2D eigenvalue weighted by atomic mass is 9.87. The zero-order valence-electron chi connectivity index (χ0n) is 18.7. The first kappa shape index (κ1) is 23.6. The molecule has 0 radical (unpaired) electrons. The van der Waals surface area contributed by atoms with Crippen LogP contribution < -0.4 is 10.1 Å². The number of carbonyl (C=O) groups excluding carboxylic acids is 1. The Balaban J connectivity index is 1.28. The molecule has 0 saturated carbocycles. The normalized spacial score (nSPS) is 19.8. The highest BCUT2D eigenvalue weighted by Crippen LogP contribution is 2.36. The predicted molar refractivity (Wildman–Crippen MR) is 119 cm³/mol. The second kappa shape index (κ2) is 9.46. The Morgan fingerprint density at radius 1 is 1.17 bits per heavy atom. The SMILES string of the molecule is O=C(c1ccc(OC(F)(F)F)cc1)N1CCC(c2c(F)cnc3[nH]c(C4COCCN4)cc23)CC1. The summed E-state index contributed by atoms with van der Waals surface area (Å²) in [4.78, 5) is 22.0. The minimum absolute atomic E-state index is 0.0127. The second-order valence-corrected chi connectivity index (χ2v) is 8.73. The number of piperidine rings is 1. The Bertz CT molecular complexity index is 1200. The van der Waals surface area contributed by atoms with Gasteiger partial charge >= 0.3 is 6.36 Å². The van der Waals surface area contributed by atoms with Crippen LogP contribution in [0.5, 0.6) is 5.75 Å². The number of rotatable bonds is 4. The van der Waals surface area contributed by atoms with Crippen molar-refractivity contribution in [2.45, 2.75) is 31.2 Å². The van der Waals surface area contributed by atoms with Crippen molar-refractivity contribution in [3.63, 3.8) is 0 Å². The number of likely N-dealkylation sites (tertiary alicyclic amines) is 1. The van der Waals surface area contributed by atoms with Gasteiger partial charge < -0.3 is 24.7 Å². The van der Waals surface area contributed by atoms with Gasteiger partial charge in [-0.3, -0.25) is 4.79 Å². The molecule has 2 fully saturated rings. The summed E-state index contributed by atoms with van der Waals surface area (Å²) in [5, 5.41) is 4.11. The monoisotopic (exact) mass is 492 g/mol. The fourth-order valence-electron chi connectivity index (χ4n) is 4.81. The summed E-state index contributed by atoms with van der Waals surface area (Å²) in [6, 6.07) is 6.77. The van der Waals surface area contributed by atoms with Crippen molar-refractivity contribution in [1.29, 1.82) is 0 Å². The highest BCUT2D eigenvalue weighted by molar-refractivity contribution is 5.94. The molecule has 2 N–H and O–H groups in total. The third-order valence-electron chi connectivity index (χ3n) is 6.49. The first-order chi connectivity index (χ1) is 16.8. The lowest BCUT2D eigenvalue weighted by molar-refractivity contribution is -0.274. The number of aromatic amines is 1. The molecule has 3 aromatic rings. The molecule has 5 rings (SSSR count). The third-order valence-corrected chi connectivity index (χ3v) is 6.49. The molecule has 2 aliphatic heterocycles. The average molecular weight is 492 g/mol. The van der Waals surface area contributed by atoms with Gasteiger partial charge in [0.15, 0.2) is 0 Å². The van der Waals surface area contributed by atoms with E-state index in [0.717, 1.165) is 29.8 Å². The number of hydrogen-bond donors (Lipinski definition) is 2. The van der Waals surface area contributed by atoms with Crippen molar-refractivity contribution in [2.24, 2.45) is 0 Å². The molecule has 0 bridgehead atoms. The number of alkyl halides is 3. The van der Waals surface area contributed by atoms with Gasteiger partial charge in [0.05, 0.1) is 25.5 Å². The Hall–Kier alpha value is -3.18. The first-order valence-electron chi connectivity index (χ1n) is 11.4. The summed E-state index contributed by atoms with van der Waals surface area (Å²) in [5.41, 5.74) is 2.37. The maximum Gasteiger partial charge on any atom is 0.573 e. The Morgan fingerprint density at radius 3 is 2.57 bits per heavy atom. The summed E-state index contributed by atoms with van der Waals surface area (Å²) in [7, 11) is 0. The van der Waals surface area contributed by atoms with Gasteiger partial charge in [0, 0.05) is 41.8 Å². The zero-order chi connectivity index (χ0) is 24.6. The van der Waals surface area contributed by atoms with Crippen LogP contribution in [0.3, 0.4) is 0 Å². The molecule has 1 atom stereocenters. The van der Waals surface area contributed by atoms with E-state index in [-0.39, 0.29) is 35.0 Å². The minimum Gasteiger partial charge on any atom is -0.406 e. The number of fused-ring (bicyclic) bond motifs is 1. The molecular weight excluding hydrogens is 468 g/mol. The number of H-pyrrole nitrogens is 1. The standard InChI is InChI=1S/C24H24F4N4O3/c25-18-12-30-22-17(11-19(31-22)20-13-34-10-7-29-20)21(18)14-5-8-32(9-6-14)23(33)15-1-3-16(4-2-15)35-24(26,27)28/h1-4,11-12,14,20,29H,5-10,13H2,(H,30,31). The van der Waals surface area contributed by atoms with E-state index in [1.54, 1.807) is 4.90 Å². The number of pyridine rings is 1. The Kier molecular flexibility index (Phi) is 6.37. The molecule has 0 spiro atoms. The van der Waals surface area contributed by atoms with Crippen molar-refractivity contribution < 1.29 is 31.8 Å². The fraction of sp³-hybridized carbons (Fsp3) is 0.417. The maximum atomic E-state index is 14.9. The number of nitrogens with one attached hydrogen (secondary N) is 2. The summed E-state index contributed by atoms with van der Waals surface area (Å²) in [6.45, 7) is 2.72. The Labute approximate surface area is 198 Å². The van der Waals surface area contributed by atoms with E-state index in [2.05, 4.69) is 20.0 Å². The van der Waals surface area contributed by atoms with Crippen molar-refractivity contribution in [3.05, 3.63) is 59.2 Å². The molecule has 7 nitrogen and oxygen atoms in total. The van der Waals surface area contributed by atoms with Gasteiger partial charge in [0.1, 0.15) is 17.2 Å². The summed E-state index contributed by atoms with van der Waals surface area (Å²) >= 11 is 0. The second-order valence-electron chi connectivity index (χ2n) is 8.73. The third kappa shape index (κ3) is 5.10. The molecule has 1 amide bonds. The lowest BCUT2D eigenvalue weighted by Gasteiger charge is -2.32. The number of nitrogens with zero attached hydrogens (tertiary/aromatic N) is 2. The van der Waals surface area contributed by atoms with Crippen molar-refractivity contribution in [3.8, 4) is 5.75 Å². The van der Waals surface area contributed by atoms with Gasteiger partial charge in [0.2, 0.25) is 0 Å². The van der Waals surface area contributed by atoms with Crippen molar-refractivity contribution in [1.82, 2.24) is 20.2 Å². The highest BCUT2D eigenvalue weighted by atomic mass is 19.4. The van der Waals surface area contributed by atoms with Crippen LogP contribution in [0.4, 0.5) is 17.6 Å². The largest absolute Gasteiger partial charge is 0.573 e. The topological polar surface area (TPSA) is 79.5 Å². The van der Waals surface area contributed by atoms with Gasteiger partial charge in [-0.25, -0.2) is 9.37 Å². The molecule has 35 heavy (non-hydrogen) atoms. The van der Waals surface area contributed by atoms with Crippen molar-refractivity contribution >= 4 is 16.9 Å². The van der Waals surface area contributed by atoms with Gasteiger partial charge in [-0.1, -0.05) is 0 Å². The fourth-order valence-corrected chi connectivity index (χ4v) is 4.81.